The number of ether oxygens (including phenoxy) is 1. The van der Waals surface area contributed by atoms with Gasteiger partial charge in [-0.05, 0) is 42.1 Å². The average Bonchev–Trinajstić information content (AvgIpc) is 2.72. The molecule has 4 heterocycles. The second-order valence-corrected chi connectivity index (χ2v) is 8.89. The van der Waals surface area contributed by atoms with E-state index in [2.05, 4.69) is 24.8 Å². The Morgan fingerprint density at radius 1 is 1.07 bits per heavy atom. The highest BCUT2D eigenvalue weighted by atomic mass is 32.1. The van der Waals surface area contributed by atoms with Crippen LogP contribution in [0, 0.1) is 8.73 Å². The van der Waals surface area contributed by atoms with Crippen LogP contribution in [0.1, 0.15) is 0 Å². The highest BCUT2D eigenvalue weighted by Crippen LogP contribution is 2.37. The first-order chi connectivity index (χ1) is 14.5. The van der Waals surface area contributed by atoms with Gasteiger partial charge in [-0.1, -0.05) is 23.5 Å². The minimum absolute atomic E-state index is 0.193. The number of hydrogen-bond acceptors (Lipinski definition) is 9. The molecule has 3 aromatic heterocycles. The van der Waals surface area contributed by atoms with Crippen LogP contribution in [0.5, 0.6) is 0 Å². The predicted molar refractivity (Wildman–Crippen MR) is 124 cm³/mol. The monoisotopic (exact) mass is 456 g/mol. The number of morpholine rings is 1. The van der Waals surface area contributed by atoms with Crippen LogP contribution in [0.15, 0.2) is 29.1 Å². The van der Waals surface area contributed by atoms with Crippen LogP contribution in [0.4, 0.5) is 10.7 Å². The molecule has 0 unspecified atom stereocenters. The van der Waals surface area contributed by atoms with Gasteiger partial charge in [0.25, 0.3) is 5.56 Å². The van der Waals surface area contributed by atoms with Gasteiger partial charge >= 0.3 is 0 Å². The third-order valence-electron chi connectivity index (χ3n) is 5.04. The lowest BCUT2D eigenvalue weighted by molar-refractivity contribution is 0.122. The number of aromatic nitrogens is 4. The summed E-state index contributed by atoms with van der Waals surface area (Å²) in [5, 5.41) is 1.46. The summed E-state index contributed by atoms with van der Waals surface area (Å²) in [5.74, 6) is 0. The van der Waals surface area contributed by atoms with E-state index in [1.54, 1.807) is 0 Å². The van der Waals surface area contributed by atoms with Crippen LogP contribution in [-0.4, -0.2) is 46.2 Å². The van der Waals surface area contributed by atoms with Gasteiger partial charge in [-0.2, -0.15) is 0 Å². The molecule has 0 atom stereocenters. The molecule has 0 aliphatic carbocycles. The van der Waals surface area contributed by atoms with Crippen molar-refractivity contribution in [3.05, 3.63) is 43.3 Å². The van der Waals surface area contributed by atoms with E-state index in [4.69, 9.17) is 34.9 Å². The van der Waals surface area contributed by atoms with E-state index in [1.807, 2.05) is 24.3 Å². The Hall–Kier alpha value is -2.73. The predicted octanol–water partition coefficient (Wildman–Crippen LogP) is 3.41. The van der Waals surface area contributed by atoms with Crippen molar-refractivity contribution in [3.8, 4) is 11.1 Å². The van der Waals surface area contributed by atoms with Crippen molar-refractivity contribution in [2.75, 3.05) is 36.9 Å². The third kappa shape index (κ3) is 3.29. The molecule has 4 aromatic rings. The summed E-state index contributed by atoms with van der Waals surface area (Å²) in [5.41, 5.74) is 9.31. The second-order valence-electron chi connectivity index (χ2n) is 6.81. The number of aromatic amines is 2. The third-order valence-corrected chi connectivity index (χ3v) is 6.27. The molecule has 1 aliphatic heterocycles. The number of nitrogen functional groups attached to an aromatic ring is 1. The maximum atomic E-state index is 12.8. The Bertz CT molecular complexity index is 1450. The summed E-state index contributed by atoms with van der Waals surface area (Å²) in [6.07, 6.45) is 0. The van der Waals surface area contributed by atoms with Crippen LogP contribution in [0.25, 0.3) is 33.2 Å². The summed E-state index contributed by atoms with van der Waals surface area (Å²) in [7, 11) is 0. The largest absolute Gasteiger partial charge is 0.390 e. The maximum absolute atomic E-state index is 12.8. The van der Waals surface area contributed by atoms with E-state index in [0.29, 0.717) is 49.8 Å². The van der Waals surface area contributed by atoms with Crippen LogP contribution >= 0.6 is 35.8 Å². The van der Waals surface area contributed by atoms with Crippen molar-refractivity contribution >= 4 is 68.5 Å². The van der Waals surface area contributed by atoms with Crippen molar-refractivity contribution in [2.24, 2.45) is 0 Å². The fraction of sp³-hybridized carbons (Fsp3) is 0.211. The number of H-pyrrole nitrogens is 2. The number of nitrogens with two attached hydrogens (primary N) is 1. The average molecular weight is 457 g/mol. The normalized spacial score (nSPS) is 14.5. The first kappa shape index (κ1) is 19.2. The number of fused-ring (bicyclic) bond motifs is 2. The number of nitrogens with one attached hydrogen (secondary N) is 2. The molecule has 0 spiro atoms. The smallest absolute Gasteiger partial charge is 0.261 e. The fourth-order valence-electron chi connectivity index (χ4n) is 3.71. The van der Waals surface area contributed by atoms with Gasteiger partial charge in [0.15, 0.2) is 14.4 Å². The summed E-state index contributed by atoms with van der Waals surface area (Å²) in [4.78, 5) is 29.6. The van der Waals surface area contributed by atoms with Gasteiger partial charge in [-0.3, -0.25) is 9.78 Å². The van der Waals surface area contributed by atoms with E-state index < -0.39 is 0 Å². The van der Waals surface area contributed by atoms with E-state index in [-0.39, 0.29) is 10.3 Å². The molecule has 0 amide bonds. The van der Waals surface area contributed by atoms with Gasteiger partial charge in [-0.25, -0.2) is 9.97 Å². The molecule has 1 saturated heterocycles. The number of anilines is 2. The van der Waals surface area contributed by atoms with Crippen LogP contribution in [0.3, 0.4) is 0 Å². The van der Waals surface area contributed by atoms with Gasteiger partial charge in [0.05, 0.1) is 24.0 Å². The molecule has 1 aromatic carbocycles. The fourth-order valence-corrected chi connectivity index (χ4v) is 4.87. The number of rotatable bonds is 2. The van der Waals surface area contributed by atoms with Crippen LogP contribution in [-0.2, 0) is 4.74 Å². The van der Waals surface area contributed by atoms with E-state index in [9.17, 15) is 4.79 Å². The van der Waals surface area contributed by atoms with Gasteiger partial charge < -0.3 is 20.4 Å². The molecule has 0 radical (unpaired) electrons. The molecule has 11 heteroatoms. The molecule has 1 fully saturated rings. The number of pyridine rings is 1. The van der Waals surface area contributed by atoms with E-state index >= 15 is 0 Å². The molecule has 1 aliphatic rings. The Balaban J connectivity index is 1.80. The SMILES string of the molecule is Nc1sc(=S)nc2nc3[nH]c(=S)[nH]c(=O)c3c(-c3ccc(N4CCOCC4)cc3)c12. The molecule has 5 rings (SSSR count). The van der Waals surface area contributed by atoms with Crippen LogP contribution < -0.4 is 16.2 Å². The highest BCUT2D eigenvalue weighted by Gasteiger charge is 2.19. The van der Waals surface area contributed by atoms with Crippen molar-refractivity contribution in [3.63, 3.8) is 0 Å². The summed E-state index contributed by atoms with van der Waals surface area (Å²) >= 11 is 11.5. The van der Waals surface area contributed by atoms with Gasteiger partial charge in [0.1, 0.15) is 10.6 Å². The molecule has 4 N–H and O–H groups in total. The van der Waals surface area contributed by atoms with E-state index in [0.717, 1.165) is 24.3 Å². The Morgan fingerprint density at radius 3 is 2.53 bits per heavy atom. The molecule has 0 saturated carbocycles. The van der Waals surface area contributed by atoms with Crippen LogP contribution in [0.2, 0.25) is 0 Å². The molecule has 30 heavy (non-hydrogen) atoms. The summed E-state index contributed by atoms with van der Waals surface area (Å²) in [6.45, 7) is 3.11. The number of nitrogens with zero attached hydrogens (tertiary/aromatic N) is 3. The van der Waals surface area contributed by atoms with Crippen molar-refractivity contribution in [2.45, 2.75) is 0 Å². The summed E-state index contributed by atoms with van der Waals surface area (Å²) in [6, 6.07) is 8.02. The second kappa shape index (κ2) is 7.51. The van der Waals surface area contributed by atoms with Crippen molar-refractivity contribution < 1.29 is 4.74 Å². The highest BCUT2D eigenvalue weighted by molar-refractivity contribution is 7.73. The number of benzene rings is 1. The zero-order chi connectivity index (χ0) is 20.8. The minimum atomic E-state index is -0.331. The Labute approximate surface area is 184 Å². The quantitative estimate of drug-likeness (QED) is 0.311. The lowest BCUT2D eigenvalue weighted by Crippen LogP contribution is -2.36. The lowest BCUT2D eigenvalue weighted by Gasteiger charge is -2.29. The molecule has 0 bridgehead atoms. The topological polar surface area (TPSA) is 113 Å². The molecular formula is C19H16N6O2S3. The Morgan fingerprint density at radius 2 is 1.80 bits per heavy atom. The lowest BCUT2D eigenvalue weighted by atomic mass is 9.99. The standard InChI is InChI=1S/C19H16N6O2S3/c20-14-12-11(9-1-3-10(4-2-9)25-5-7-27-8-6-25)13-16(22-18(28)24-17(13)26)21-15(12)23-19(29)30-14/h1-4H,5-8,20H2,(H2,21,22,23,24,26,28,29). The van der Waals surface area contributed by atoms with Gasteiger partial charge in [-0.15, -0.1) is 0 Å². The van der Waals surface area contributed by atoms with E-state index in [1.165, 1.54) is 11.3 Å². The zero-order valence-electron chi connectivity index (χ0n) is 15.6. The first-order valence-electron chi connectivity index (χ1n) is 9.21. The van der Waals surface area contributed by atoms with Crippen molar-refractivity contribution in [1.82, 2.24) is 19.9 Å². The van der Waals surface area contributed by atoms with Gasteiger partial charge in [0, 0.05) is 24.3 Å². The first-order valence-corrected chi connectivity index (χ1v) is 10.8. The molecule has 8 nitrogen and oxygen atoms in total. The number of hydrogen-bond donors (Lipinski definition) is 3. The molecular weight excluding hydrogens is 440 g/mol. The van der Waals surface area contributed by atoms with Gasteiger partial charge in [0.2, 0.25) is 0 Å². The Kier molecular flexibility index (Phi) is 4.82. The minimum Gasteiger partial charge on any atom is -0.390 e. The molecule has 152 valence electrons. The van der Waals surface area contributed by atoms with Crippen molar-refractivity contribution in [1.29, 1.82) is 0 Å². The zero-order valence-corrected chi connectivity index (χ0v) is 18.0. The summed E-state index contributed by atoms with van der Waals surface area (Å²) < 4.78 is 6.00. The maximum Gasteiger partial charge on any atom is 0.261 e.